The number of nitrogens with zero attached hydrogens (tertiary/aromatic N) is 3. The van der Waals surface area contributed by atoms with E-state index in [2.05, 4.69) is 16.0 Å². The molecule has 4 rings (SSSR count). The lowest BCUT2D eigenvalue weighted by molar-refractivity contribution is -0.0119. The molecule has 0 spiro atoms. The molecule has 192 valence electrons. The van der Waals surface area contributed by atoms with E-state index >= 15 is 0 Å². The van der Waals surface area contributed by atoms with E-state index in [9.17, 15) is 0 Å². The number of hydrogen-bond donors (Lipinski definition) is 6. The molecule has 9 heteroatoms. The zero-order valence-corrected chi connectivity index (χ0v) is 22.0. The van der Waals surface area contributed by atoms with Crippen LogP contribution in [0.15, 0.2) is 72.8 Å². The Kier molecular flexibility index (Phi) is 6.74. The van der Waals surface area contributed by atoms with Gasteiger partial charge in [-0.05, 0) is 18.2 Å². The van der Waals surface area contributed by atoms with Gasteiger partial charge in [0.1, 0.15) is 0 Å². The molecule has 0 unspecified atom stereocenters. The highest BCUT2D eigenvalue weighted by Crippen LogP contribution is 2.38. The molecule has 36 heavy (non-hydrogen) atoms. The van der Waals surface area contributed by atoms with Gasteiger partial charge in [-0.25, -0.2) is 16.0 Å². The van der Waals surface area contributed by atoms with Crippen molar-refractivity contribution < 1.29 is 0 Å². The fourth-order valence-corrected chi connectivity index (χ4v) is 5.02. The van der Waals surface area contributed by atoms with Gasteiger partial charge in [-0.15, -0.1) is 0 Å². The van der Waals surface area contributed by atoms with Crippen LogP contribution < -0.4 is 47.9 Å². The van der Waals surface area contributed by atoms with Gasteiger partial charge in [0.25, 0.3) is 0 Å². The van der Waals surface area contributed by atoms with Crippen LogP contribution in [0.25, 0.3) is 0 Å². The molecule has 1 aliphatic heterocycles. The van der Waals surface area contributed by atoms with Gasteiger partial charge in [0.05, 0.1) is 0 Å². The predicted octanol–water partition coefficient (Wildman–Crippen LogP) is 1.27. The molecule has 1 aliphatic rings. The molecule has 0 bridgehead atoms. The lowest BCUT2D eigenvalue weighted by Gasteiger charge is -2.56. The molecule has 1 saturated heterocycles. The van der Waals surface area contributed by atoms with Gasteiger partial charge in [-0.2, -0.15) is 0 Å². The molecule has 1 heterocycles. The van der Waals surface area contributed by atoms with E-state index in [-0.39, 0.29) is 0 Å². The maximum absolute atomic E-state index is 7.22. The fourth-order valence-electron chi connectivity index (χ4n) is 5.02. The summed E-state index contributed by atoms with van der Waals surface area (Å²) in [7, 11) is 11.9. The standard InChI is InChI=1S/C27H39N9/c1-34(2)22-16-10-7-13-19(22)25(28)31-26(29,20-14-8-11-17-23(20)35(3)4)33-27(30,32-25)21-15-9-12-18-24(21)36(5)6/h7-18,31-33H,28-30H2,1-6H3. The minimum Gasteiger partial charge on any atom is -0.377 e. The lowest BCUT2D eigenvalue weighted by atomic mass is 9.93. The monoisotopic (exact) mass is 489 g/mol. The summed E-state index contributed by atoms with van der Waals surface area (Å²) >= 11 is 0. The lowest BCUT2D eigenvalue weighted by Crippen LogP contribution is -2.88. The first-order valence-corrected chi connectivity index (χ1v) is 12.0. The van der Waals surface area contributed by atoms with Gasteiger partial charge in [-0.3, -0.25) is 17.2 Å². The normalized spacial score (nSPS) is 25.9. The van der Waals surface area contributed by atoms with Crippen molar-refractivity contribution in [2.75, 3.05) is 57.0 Å². The van der Waals surface area contributed by atoms with Crippen LogP contribution in [0.5, 0.6) is 0 Å². The molecule has 3 aromatic carbocycles. The van der Waals surface area contributed by atoms with Crippen LogP contribution in [0.4, 0.5) is 17.1 Å². The maximum atomic E-state index is 7.22. The summed E-state index contributed by atoms with van der Waals surface area (Å²) in [6.07, 6.45) is 0. The number of rotatable bonds is 6. The zero-order chi connectivity index (χ0) is 26.3. The van der Waals surface area contributed by atoms with Crippen molar-refractivity contribution in [1.29, 1.82) is 0 Å². The summed E-state index contributed by atoms with van der Waals surface area (Å²) in [6, 6.07) is 23.8. The van der Waals surface area contributed by atoms with Crippen LogP contribution in [-0.4, -0.2) is 42.3 Å². The van der Waals surface area contributed by atoms with Crippen molar-refractivity contribution in [3.8, 4) is 0 Å². The highest BCUT2D eigenvalue weighted by Gasteiger charge is 2.53. The van der Waals surface area contributed by atoms with Gasteiger partial charge >= 0.3 is 0 Å². The molecular formula is C27H39N9. The van der Waals surface area contributed by atoms with Crippen molar-refractivity contribution in [2.24, 2.45) is 17.2 Å². The second-order valence-corrected chi connectivity index (χ2v) is 10.0. The SMILES string of the molecule is CN(C)c1ccccc1C1(N)NC(N)(c2ccccc2N(C)C)NC(N)(c2ccccc2N(C)C)N1. The van der Waals surface area contributed by atoms with E-state index in [1.807, 2.05) is 130 Å². The Morgan fingerprint density at radius 2 is 0.667 bits per heavy atom. The van der Waals surface area contributed by atoms with Crippen molar-refractivity contribution >= 4 is 17.1 Å². The van der Waals surface area contributed by atoms with E-state index in [0.29, 0.717) is 0 Å². The van der Waals surface area contributed by atoms with Crippen LogP contribution in [0, 0.1) is 0 Å². The summed E-state index contributed by atoms with van der Waals surface area (Å²) in [5.74, 6) is -3.93. The Morgan fingerprint density at radius 3 is 0.889 bits per heavy atom. The molecular weight excluding hydrogens is 450 g/mol. The molecule has 0 radical (unpaired) electrons. The Morgan fingerprint density at radius 1 is 0.444 bits per heavy atom. The second kappa shape index (κ2) is 9.36. The first-order chi connectivity index (χ1) is 16.9. The Bertz CT molecular complexity index is 1060. The molecule has 0 atom stereocenters. The average molecular weight is 490 g/mol. The Balaban J connectivity index is 1.98. The third-order valence-corrected chi connectivity index (χ3v) is 6.62. The number of hydrogen-bond acceptors (Lipinski definition) is 9. The Labute approximate surface area is 214 Å². The molecule has 0 saturated carbocycles. The van der Waals surface area contributed by atoms with Gasteiger partial charge in [0, 0.05) is 76.0 Å². The minimum atomic E-state index is -1.31. The quantitative estimate of drug-likeness (QED) is 0.304. The molecule has 0 amide bonds. The largest absolute Gasteiger partial charge is 0.377 e. The number of benzene rings is 3. The minimum absolute atomic E-state index is 0.811. The first-order valence-electron chi connectivity index (χ1n) is 12.0. The third-order valence-electron chi connectivity index (χ3n) is 6.62. The summed E-state index contributed by atoms with van der Waals surface area (Å²) < 4.78 is 0. The van der Waals surface area contributed by atoms with Crippen LogP contribution >= 0.6 is 0 Å². The van der Waals surface area contributed by atoms with Crippen molar-refractivity contribution in [3.63, 3.8) is 0 Å². The smallest absolute Gasteiger partial charge is 0.155 e. The first kappa shape index (κ1) is 25.9. The van der Waals surface area contributed by atoms with Crippen molar-refractivity contribution in [2.45, 2.75) is 17.4 Å². The van der Waals surface area contributed by atoms with E-state index < -0.39 is 17.4 Å². The topological polar surface area (TPSA) is 124 Å². The molecule has 0 aliphatic carbocycles. The van der Waals surface area contributed by atoms with Gasteiger partial charge in [-0.1, -0.05) is 54.6 Å². The molecule has 9 N–H and O–H groups in total. The van der Waals surface area contributed by atoms with Gasteiger partial charge in [0.15, 0.2) is 17.4 Å². The number of nitrogens with two attached hydrogens (primary N) is 3. The zero-order valence-electron chi connectivity index (χ0n) is 22.0. The molecule has 3 aromatic rings. The average Bonchev–Trinajstić information content (AvgIpc) is 2.83. The summed E-state index contributed by atoms with van der Waals surface area (Å²) in [4.78, 5) is 6.06. The summed E-state index contributed by atoms with van der Waals surface area (Å²) in [5, 5.41) is 10.5. The van der Waals surface area contributed by atoms with Crippen LogP contribution in [0.3, 0.4) is 0 Å². The summed E-state index contributed by atoms with van der Waals surface area (Å²) in [5.41, 5.74) is 26.9. The van der Waals surface area contributed by atoms with Crippen LogP contribution in [0.2, 0.25) is 0 Å². The Hall–Kier alpha value is -3.18. The predicted molar refractivity (Wildman–Crippen MR) is 149 cm³/mol. The van der Waals surface area contributed by atoms with Gasteiger partial charge in [0.2, 0.25) is 0 Å². The van der Waals surface area contributed by atoms with Crippen LogP contribution in [0.1, 0.15) is 16.7 Å². The van der Waals surface area contributed by atoms with E-state index in [1.165, 1.54) is 0 Å². The van der Waals surface area contributed by atoms with E-state index in [0.717, 1.165) is 33.8 Å². The highest BCUT2D eigenvalue weighted by atomic mass is 15.6. The number of anilines is 3. The fraction of sp³-hybridized carbons (Fsp3) is 0.333. The number of nitrogens with one attached hydrogen (secondary N) is 3. The molecule has 0 aromatic heterocycles. The van der Waals surface area contributed by atoms with Crippen molar-refractivity contribution in [3.05, 3.63) is 89.5 Å². The maximum Gasteiger partial charge on any atom is 0.155 e. The molecule has 9 nitrogen and oxygen atoms in total. The highest BCUT2D eigenvalue weighted by molar-refractivity contribution is 5.60. The van der Waals surface area contributed by atoms with Crippen molar-refractivity contribution in [1.82, 2.24) is 16.0 Å². The van der Waals surface area contributed by atoms with E-state index in [4.69, 9.17) is 17.2 Å². The summed E-state index contributed by atoms with van der Waals surface area (Å²) in [6.45, 7) is 0. The molecule has 1 fully saturated rings. The third kappa shape index (κ3) is 4.53. The van der Waals surface area contributed by atoms with Crippen LogP contribution in [-0.2, 0) is 17.4 Å². The second-order valence-electron chi connectivity index (χ2n) is 10.0. The van der Waals surface area contributed by atoms with E-state index in [1.54, 1.807) is 0 Å². The van der Waals surface area contributed by atoms with Gasteiger partial charge < -0.3 is 14.7 Å². The number of para-hydroxylation sites is 3.